The van der Waals surface area contributed by atoms with E-state index in [1.807, 2.05) is 12.1 Å². The number of hydrogen-bond donors (Lipinski definition) is 0. The van der Waals surface area contributed by atoms with Crippen LogP contribution in [-0.2, 0) is 0 Å². The Balaban J connectivity index is 1.34. The number of anilines is 3. The van der Waals surface area contributed by atoms with Gasteiger partial charge in [-0.05, 0) is 64.2 Å². The number of furan rings is 1. The van der Waals surface area contributed by atoms with E-state index in [-0.39, 0.29) is 0 Å². The lowest BCUT2D eigenvalue weighted by molar-refractivity contribution is 0.669. The van der Waals surface area contributed by atoms with Gasteiger partial charge in [-0.2, -0.15) is 0 Å². The van der Waals surface area contributed by atoms with Crippen molar-refractivity contribution in [2.45, 2.75) is 0 Å². The molecule has 1 aromatic heterocycles. The Morgan fingerprint density at radius 1 is 0.341 bits per heavy atom. The molecule has 2 heteroatoms. The van der Waals surface area contributed by atoms with Gasteiger partial charge in [-0.15, -0.1) is 0 Å². The molecule has 1 heterocycles. The zero-order valence-electron chi connectivity index (χ0n) is 24.1. The summed E-state index contributed by atoms with van der Waals surface area (Å²) < 4.78 is 6.43. The molecular formula is C42H29NO. The van der Waals surface area contributed by atoms with Crippen molar-refractivity contribution in [3.8, 4) is 33.4 Å². The first-order valence-corrected chi connectivity index (χ1v) is 14.9. The maximum Gasteiger partial charge on any atom is 0.137 e. The molecule has 0 aliphatic heterocycles. The molecule has 0 aliphatic carbocycles. The second kappa shape index (κ2) is 11.1. The summed E-state index contributed by atoms with van der Waals surface area (Å²) in [6.07, 6.45) is 0. The number of fused-ring (bicyclic) bond motifs is 3. The first-order valence-electron chi connectivity index (χ1n) is 14.9. The third-order valence-corrected chi connectivity index (χ3v) is 8.29. The van der Waals surface area contributed by atoms with Crippen molar-refractivity contribution in [1.29, 1.82) is 0 Å². The van der Waals surface area contributed by atoms with Gasteiger partial charge in [0.05, 0.1) is 5.69 Å². The van der Waals surface area contributed by atoms with Crippen LogP contribution >= 0.6 is 0 Å². The second-order valence-electron chi connectivity index (χ2n) is 11.0. The van der Waals surface area contributed by atoms with Crippen LogP contribution in [0.15, 0.2) is 180 Å². The molecule has 2 nitrogen and oxygen atoms in total. The van der Waals surface area contributed by atoms with Crippen molar-refractivity contribution < 1.29 is 4.42 Å². The average molecular weight is 564 g/mol. The van der Waals surface area contributed by atoms with E-state index in [0.29, 0.717) is 0 Å². The van der Waals surface area contributed by atoms with Crippen LogP contribution in [0.4, 0.5) is 17.1 Å². The van der Waals surface area contributed by atoms with Gasteiger partial charge in [0, 0.05) is 33.8 Å². The topological polar surface area (TPSA) is 16.4 Å². The Hall–Kier alpha value is -5.86. The van der Waals surface area contributed by atoms with Gasteiger partial charge in [-0.1, -0.05) is 133 Å². The molecule has 0 radical (unpaired) electrons. The molecule has 8 rings (SSSR count). The van der Waals surface area contributed by atoms with Crippen molar-refractivity contribution >= 4 is 39.0 Å². The number of para-hydroxylation sites is 2. The lowest BCUT2D eigenvalue weighted by Gasteiger charge is -2.28. The van der Waals surface area contributed by atoms with Crippen LogP contribution in [0.2, 0.25) is 0 Å². The zero-order valence-corrected chi connectivity index (χ0v) is 24.1. The highest BCUT2D eigenvalue weighted by atomic mass is 16.3. The van der Waals surface area contributed by atoms with E-state index in [1.165, 1.54) is 22.3 Å². The maximum atomic E-state index is 6.43. The number of rotatable bonds is 6. The summed E-state index contributed by atoms with van der Waals surface area (Å²) in [6.45, 7) is 0. The molecule has 8 aromatic rings. The zero-order chi connectivity index (χ0) is 29.3. The van der Waals surface area contributed by atoms with Crippen LogP contribution in [0.1, 0.15) is 0 Å². The maximum absolute atomic E-state index is 6.43. The molecule has 44 heavy (non-hydrogen) atoms. The van der Waals surface area contributed by atoms with E-state index in [9.17, 15) is 0 Å². The first-order chi connectivity index (χ1) is 21.8. The molecule has 0 spiro atoms. The summed E-state index contributed by atoms with van der Waals surface area (Å²) in [7, 11) is 0. The van der Waals surface area contributed by atoms with Crippen LogP contribution in [0.5, 0.6) is 0 Å². The SMILES string of the molecule is c1ccc(-c2ccc(-c3cc4c(cc3N(c3ccccc3)c3ccc(-c5ccccc5)cc3)oc3ccccc34)cc2)cc1. The standard InChI is InChI=1S/C42H29NO/c1-4-12-30(13-5-1)32-20-22-34(23-21-32)38-28-39-37-18-10-11-19-41(37)44-42(39)29-40(38)43(35-16-8-3-9-17-35)36-26-24-33(25-27-36)31-14-6-2-7-15-31/h1-29H. The molecule has 0 amide bonds. The predicted octanol–water partition coefficient (Wildman–Crippen LogP) is 12.1. The Kier molecular flexibility index (Phi) is 6.51. The summed E-state index contributed by atoms with van der Waals surface area (Å²) in [6, 6.07) is 62.1. The predicted molar refractivity (Wildman–Crippen MR) is 185 cm³/mol. The normalized spacial score (nSPS) is 11.2. The Bertz CT molecular complexity index is 2180. The first kappa shape index (κ1) is 25.8. The quantitative estimate of drug-likeness (QED) is 0.200. The lowest BCUT2D eigenvalue weighted by Crippen LogP contribution is -2.11. The fourth-order valence-electron chi connectivity index (χ4n) is 6.09. The highest BCUT2D eigenvalue weighted by Gasteiger charge is 2.21. The van der Waals surface area contributed by atoms with Crippen molar-refractivity contribution in [2.24, 2.45) is 0 Å². The van der Waals surface area contributed by atoms with E-state index < -0.39 is 0 Å². The van der Waals surface area contributed by atoms with Gasteiger partial charge in [0.25, 0.3) is 0 Å². The van der Waals surface area contributed by atoms with Gasteiger partial charge in [0.15, 0.2) is 0 Å². The molecule has 0 N–H and O–H groups in total. The van der Waals surface area contributed by atoms with Crippen molar-refractivity contribution in [3.05, 3.63) is 176 Å². The van der Waals surface area contributed by atoms with Crippen LogP contribution in [-0.4, -0.2) is 0 Å². The van der Waals surface area contributed by atoms with Crippen molar-refractivity contribution in [2.75, 3.05) is 4.90 Å². The molecule has 0 aliphatic rings. The Morgan fingerprint density at radius 3 is 1.45 bits per heavy atom. The van der Waals surface area contributed by atoms with Gasteiger partial charge in [-0.25, -0.2) is 0 Å². The summed E-state index contributed by atoms with van der Waals surface area (Å²) >= 11 is 0. The van der Waals surface area contributed by atoms with E-state index in [4.69, 9.17) is 4.42 Å². The Labute approximate surface area is 257 Å². The van der Waals surface area contributed by atoms with Crippen molar-refractivity contribution in [1.82, 2.24) is 0 Å². The van der Waals surface area contributed by atoms with Crippen LogP contribution in [0, 0.1) is 0 Å². The van der Waals surface area contributed by atoms with Gasteiger partial charge in [-0.3, -0.25) is 0 Å². The van der Waals surface area contributed by atoms with Crippen molar-refractivity contribution in [3.63, 3.8) is 0 Å². The monoisotopic (exact) mass is 563 g/mol. The van der Waals surface area contributed by atoms with Gasteiger partial charge >= 0.3 is 0 Å². The molecule has 208 valence electrons. The van der Waals surface area contributed by atoms with Gasteiger partial charge in [0.1, 0.15) is 11.2 Å². The number of benzene rings is 7. The van der Waals surface area contributed by atoms with Crippen LogP contribution < -0.4 is 4.90 Å². The van der Waals surface area contributed by atoms with E-state index in [0.717, 1.165) is 50.1 Å². The largest absolute Gasteiger partial charge is 0.456 e. The molecule has 0 fully saturated rings. The molecule has 7 aromatic carbocycles. The lowest BCUT2D eigenvalue weighted by atomic mass is 9.96. The average Bonchev–Trinajstić information content (AvgIpc) is 3.47. The van der Waals surface area contributed by atoms with E-state index in [2.05, 4.69) is 169 Å². The third kappa shape index (κ3) is 4.73. The van der Waals surface area contributed by atoms with Gasteiger partial charge < -0.3 is 9.32 Å². The molecule has 0 unspecified atom stereocenters. The van der Waals surface area contributed by atoms with Crippen LogP contribution in [0.25, 0.3) is 55.3 Å². The smallest absolute Gasteiger partial charge is 0.137 e. The number of nitrogens with zero attached hydrogens (tertiary/aromatic N) is 1. The minimum atomic E-state index is 0.868. The van der Waals surface area contributed by atoms with E-state index >= 15 is 0 Å². The molecule has 0 bridgehead atoms. The minimum absolute atomic E-state index is 0.868. The molecule has 0 saturated carbocycles. The molecular weight excluding hydrogens is 534 g/mol. The highest BCUT2D eigenvalue weighted by molar-refractivity contribution is 6.09. The second-order valence-corrected chi connectivity index (χ2v) is 11.0. The Morgan fingerprint density at radius 2 is 0.818 bits per heavy atom. The summed E-state index contributed by atoms with van der Waals surface area (Å²) in [5.41, 5.74) is 12.1. The molecule has 0 saturated heterocycles. The number of hydrogen-bond acceptors (Lipinski definition) is 2. The summed E-state index contributed by atoms with van der Waals surface area (Å²) in [4.78, 5) is 2.34. The highest BCUT2D eigenvalue weighted by Crippen LogP contribution is 2.45. The molecule has 0 atom stereocenters. The third-order valence-electron chi connectivity index (χ3n) is 8.29. The van der Waals surface area contributed by atoms with E-state index in [1.54, 1.807) is 0 Å². The summed E-state index contributed by atoms with van der Waals surface area (Å²) in [5, 5.41) is 2.23. The minimum Gasteiger partial charge on any atom is -0.456 e. The fourth-order valence-corrected chi connectivity index (χ4v) is 6.09. The fraction of sp³-hybridized carbons (Fsp3) is 0. The summed E-state index contributed by atoms with van der Waals surface area (Å²) in [5.74, 6) is 0. The van der Waals surface area contributed by atoms with Gasteiger partial charge in [0.2, 0.25) is 0 Å². The van der Waals surface area contributed by atoms with Crippen LogP contribution in [0.3, 0.4) is 0 Å².